The second kappa shape index (κ2) is 3.96. The van der Waals surface area contributed by atoms with Crippen LogP contribution in [0.5, 0.6) is 0 Å². The van der Waals surface area contributed by atoms with E-state index in [2.05, 4.69) is 27.7 Å². The first kappa shape index (κ1) is 15.3. The highest BCUT2D eigenvalue weighted by atomic mass is 16.3. The van der Waals surface area contributed by atoms with Crippen molar-refractivity contribution in [1.29, 1.82) is 0 Å². The highest BCUT2D eigenvalue weighted by Gasteiger charge is 2.67. The predicted molar refractivity (Wildman–Crippen MR) is 77.6 cm³/mol. The summed E-state index contributed by atoms with van der Waals surface area (Å²) in [7, 11) is 0. The van der Waals surface area contributed by atoms with Gasteiger partial charge >= 0.3 is 0 Å². The Hall–Kier alpha value is -0.120. The monoisotopic (exact) mass is 269 g/mol. The largest absolute Gasteiger partial charge is 0.390 e. The summed E-state index contributed by atoms with van der Waals surface area (Å²) in [6.07, 6.45) is 1.96. The summed E-state index contributed by atoms with van der Waals surface area (Å²) >= 11 is 0. The van der Waals surface area contributed by atoms with Gasteiger partial charge in [0.25, 0.3) is 0 Å². The summed E-state index contributed by atoms with van der Waals surface area (Å²) < 4.78 is 0. The Morgan fingerprint density at radius 3 is 2.16 bits per heavy atom. The van der Waals surface area contributed by atoms with Crippen molar-refractivity contribution >= 4 is 0 Å². The molecule has 0 amide bonds. The lowest BCUT2D eigenvalue weighted by atomic mass is 9.54. The van der Waals surface area contributed by atoms with Crippen LogP contribution in [-0.4, -0.2) is 27.5 Å². The second-order valence-electron chi connectivity index (χ2n) is 8.22. The molecule has 112 valence electrons. The van der Waals surface area contributed by atoms with Crippen molar-refractivity contribution in [2.24, 2.45) is 28.4 Å². The number of rotatable bonds is 0. The van der Waals surface area contributed by atoms with Crippen LogP contribution in [0.15, 0.2) is 0 Å². The average molecular weight is 269 g/mol. The first-order valence-electron chi connectivity index (χ1n) is 7.60. The molecule has 0 aromatic carbocycles. The van der Waals surface area contributed by atoms with Crippen LogP contribution in [0.3, 0.4) is 0 Å². The molecule has 19 heavy (non-hydrogen) atoms. The minimum Gasteiger partial charge on any atom is -0.390 e. The van der Waals surface area contributed by atoms with Gasteiger partial charge < -0.3 is 15.9 Å². The van der Waals surface area contributed by atoms with E-state index in [9.17, 15) is 10.2 Å². The summed E-state index contributed by atoms with van der Waals surface area (Å²) in [6.45, 7) is 12.6. The standard InChI is InChI=1S/C16H31NO2/c1-10-7-8-16(17)13(3,4)11(2)15(6,19)12(18)9-14(10,16)5/h10-12,18-19H,7-9,17H2,1-6H3/t10-,11-,12-,14-,15-,16-/m1/s1. The quantitative estimate of drug-likeness (QED) is 0.632. The van der Waals surface area contributed by atoms with Crippen molar-refractivity contribution in [3.05, 3.63) is 0 Å². The zero-order valence-corrected chi connectivity index (χ0v) is 13.3. The maximum absolute atomic E-state index is 10.8. The first-order chi connectivity index (χ1) is 8.41. The third-order valence-corrected chi connectivity index (χ3v) is 7.48. The normalized spacial score (nSPS) is 57.6. The van der Waals surface area contributed by atoms with Crippen LogP contribution in [0.4, 0.5) is 0 Å². The molecule has 0 aliphatic heterocycles. The number of aliphatic hydroxyl groups excluding tert-OH is 1. The molecule has 0 radical (unpaired) electrons. The Labute approximate surface area is 117 Å². The van der Waals surface area contributed by atoms with Crippen molar-refractivity contribution in [2.45, 2.75) is 78.0 Å². The molecule has 6 atom stereocenters. The molecule has 2 rings (SSSR count). The van der Waals surface area contributed by atoms with E-state index in [4.69, 9.17) is 5.73 Å². The van der Waals surface area contributed by atoms with Crippen molar-refractivity contribution in [1.82, 2.24) is 0 Å². The molecule has 2 fully saturated rings. The van der Waals surface area contributed by atoms with Crippen LogP contribution >= 0.6 is 0 Å². The zero-order valence-electron chi connectivity index (χ0n) is 13.3. The summed E-state index contributed by atoms with van der Waals surface area (Å²) in [5.41, 5.74) is 5.17. The van der Waals surface area contributed by atoms with Crippen LogP contribution in [0.25, 0.3) is 0 Å². The minimum atomic E-state index is -1.08. The summed E-state index contributed by atoms with van der Waals surface area (Å²) in [4.78, 5) is 0. The van der Waals surface area contributed by atoms with Gasteiger partial charge in [0.2, 0.25) is 0 Å². The van der Waals surface area contributed by atoms with E-state index in [-0.39, 0.29) is 22.3 Å². The van der Waals surface area contributed by atoms with Crippen LogP contribution in [0.1, 0.15) is 60.8 Å². The summed E-state index contributed by atoms with van der Waals surface area (Å²) in [5, 5.41) is 21.4. The summed E-state index contributed by atoms with van der Waals surface area (Å²) in [6, 6.07) is 0. The molecule has 0 aromatic heterocycles. The van der Waals surface area contributed by atoms with E-state index >= 15 is 0 Å². The van der Waals surface area contributed by atoms with Gasteiger partial charge in [0.1, 0.15) is 0 Å². The predicted octanol–water partition coefficient (Wildman–Crippen LogP) is 2.30. The fourth-order valence-electron chi connectivity index (χ4n) is 4.94. The fourth-order valence-corrected chi connectivity index (χ4v) is 4.94. The minimum absolute atomic E-state index is 0.0490. The zero-order chi connectivity index (χ0) is 14.9. The molecule has 0 bridgehead atoms. The molecular formula is C16H31NO2. The molecular weight excluding hydrogens is 238 g/mol. The van der Waals surface area contributed by atoms with E-state index in [1.807, 2.05) is 6.92 Å². The fraction of sp³-hybridized carbons (Fsp3) is 1.00. The lowest BCUT2D eigenvalue weighted by Crippen LogP contribution is -2.63. The van der Waals surface area contributed by atoms with Gasteiger partial charge in [-0.3, -0.25) is 0 Å². The van der Waals surface area contributed by atoms with Gasteiger partial charge in [0.15, 0.2) is 0 Å². The number of fused-ring (bicyclic) bond motifs is 1. The molecule has 3 heteroatoms. The highest BCUT2D eigenvalue weighted by Crippen LogP contribution is 2.64. The molecule has 0 saturated heterocycles. The smallest absolute Gasteiger partial charge is 0.0908 e. The van der Waals surface area contributed by atoms with Crippen LogP contribution in [0, 0.1) is 22.7 Å². The maximum atomic E-state index is 10.8. The molecule has 3 nitrogen and oxygen atoms in total. The van der Waals surface area contributed by atoms with Gasteiger partial charge in [0.05, 0.1) is 11.7 Å². The van der Waals surface area contributed by atoms with Gasteiger partial charge in [-0.2, -0.15) is 0 Å². The van der Waals surface area contributed by atoms with E-state index in [1.165, 1.54) is 0 Å². The number of hydrogen-bond acceptors (Lipinski definition) is 3. The lowest BCUT2D eigenvalue weighted by Gasteiger charge is -2.54. The Morgan fingerprint density at radius 2 is 1.63 bits per heavy atom. The van der Waals surface area contributed by atoms with E-state index in [1.54, 1.807) is 6.92 Å². The van der Waals surface area contributed by atoms with Crippen molar-refractivity contribution in [2.75, 3.05) is 0 Å². The highest BCUT2D eigenvalue weighted by molar-refractivity contribution is 5.20. The second-order valence-corrected chi connectivity index (χ2v) is 8.22. The van der Waals surface area contributed by atoms with Gasteiger partial charge in [-0.1, -0.05) is 34.6 Å². The van der Waals surface area contributed by atoms with Crippen molar-refractivity contribution < 1.29 is 10.2 Å². The maximum Gasteiger partial charge on any atom is 0.0908 e. The molecule has 4 N–H and O–H groups in total. The summed E-state index contributed by atoms with van der Waals surface area (Å²) in [5.74, 6) is 0.430. The Balaban J connectivity index is 2.62. The van der Waals surface area contributed by atoms with Crippen LogP contribution < -0.4 is 5.73 Å². The van der Waals surface area contributed by atoms with Crippen LogP contribution in [0.2, 0.25) is 0 Å². The van der Waals surface area contributed by atoms with Gasteiger partial charge in [-0.05, 0) is 48.9 Å². The molecule has 0 unspecified atom stereocenters. The Morgan fingerprint density at radius 1 is 1.11 bits per heavy atom. The SMILES string of the molecule is C[C@@H]1C(C)(C)[C@]2(N)CC[C@@H](C)[C@@]2(C)C[C@@H](O)[C@]1(C)O. The van der Waals surface area contributed by atoms with Gasteiger partial charge in [0, 0.05) is 5.54 Å². The lowest BCUT2D eigenvalue weighted by molar-refractivity contribution is -0.123. The van der Waals surface area contributed by atoms with Crippen molar-refractivity contribution in [3.8, 4) is 0 Å². The molecule has 0 heterocycles. The Kier molecular flexibility index (Phi) is 3.18. The first-order valence-corrected chi connectivity index (χ1v) is 7.60. The van der Waals surface area contributed by atoms with E-state index in [0.29, 0.717) is 12.3 Å². The topological polar surface area (TPSA) is 66.5 Å². The number of hydrogen-bond donors (Lipinski definition) is 3. The third kappa shape index (κ3) is 1.61. The third-order valence-electron chi connectivity index (χ3n) is 7.48. The molecule has 2 aliphatic carbocycles. The van der Waals surface area contributed by atoms with E-state index < -0.39 is 11.7 Å². The van der Waals surface area contributed by atoms with Gasteiger partial charge in [-0.15, -0.1) is 0 Å². The van der Waals surface area contributed by atoms with Gasteiger partial charge in [-0.25, -0.2) is 0 Å². The van der Waals surface area contributed by atoms with E-state index in [0.717, 1.165) is 12.8 Å². The molecule has 0 spiro atoms. The number of aliphatic hydroxyl groups is 2. The Bertz CT molecular complexity index is 379. The molecule has 2 aliphatic rings. The molecule has 2 saturated carbocycles. The number of nitrogens with two attached hydrogens (primary N) is 1. The van der Waals surface area contributed by atoms with Crippen LogP contribution in [-0.2, 0) is 0 Å². The molecule has 0 aromatic rings. The average Bonchev–Trinajstić information content (AvgIpc) is 2.52. The van der Waals surface area contributed by atoms with Crippen molar-refractivity contribution in [3.63, 3.8) is 0 Å².